The molecule has 1 rings (SSSR count). The van der Waals surface area contributed by atoms with Crippen LogP contribution in [0, 0.1) is 0 Å². The lowest BCUT2D eigenvalue weighted by Gasteiger charge is -2.41. The molecule has 1 saturated heterocycles. The summed E-state index contributed by atoms with van der Waals surface area (Å²) < 4.78 is 48.9. The van der Waals surface area contributed by atoms with Crippen LogP contribution in [0.2, 0.25) is 0 Å². The van der Waals surface area contributed by atoms with Gasteiger partial charge in [0.15, 0.2) is 0 Å². The summed E-state index contributed by atoms with van der Waals surface area (Å²) in [5.41, 5.74) is -0.784. The molecule has 0 N–H and O–H groups in total. The maximum Gasteiger partial charge on any atom is 0.410 e. The highest BCUT2D eigenvalue weighted by molar-refractivity contribution is 5.72. The molecule has 0 aromatic carbocycles. The van der Waals surface area contributed by atoms with Crippen molar-refractivity contribution < 1.29 is 32.2 Å². The van der Waals surface area contributed by atoms with Crippen molar-refractivity contribution in [2.45, 2.75) is 38.6 Å². The van der Waals surface area contributed by atoms with Crippen molar-refractivity contribution in [3.05, 3.63) is 0 Å². The second kappa shape index (κ2) is 6.72. The Bertz CT molecular complexity index is 420. The van der Waals surface area contributed by atoms with Crippen LogP contribution >= 0.6 is 0 Å². The minimum Gasteiger partial charge on any atom is -0.468 e. The van der Waals surface area contributed by atoms with Gasteiger partial charge in [0.1, 0.15) is 11.6 Å². The highest BCUT2D eigenvalue weighted by Gasteiger charge is 2.48. The van der Waals surface area contributed by atoms with Gasteiger partial charge in [-0.05, 0) is 20.8 Å². The molecule has 0 aromatic rings. The predicted molar refractivity (Wildman–Crippen MR) is 71.2 cm³/mol. The van der Waals surface area contributed by atoms with Crippen LogP contribution in [0.15, 0.2) is 0 Å². The molecule has 1 heterocycles. The van der Waals surface area contributed by atoms with Crippen LogP contribution < -0.4 is 0 Å². The number of rotatable bonds is 2. The van der Waals surface area contributed by atoms with Gasteiger partial charge < -0.3 is 14.4 Å². The average Bonchev–Trinajstić information content (AvgIpc) is 2.35. The molecule has 0 radical (unpaired) electrons. The van der Waals surface area contributed by atoms with Crippen LogP contribution in [0.4, 0.5) is 18.0 Å². The van der Waals surface area contributed by atoms with Gasteiger partial charge in [0.25, 0.3) is 0 Å². The quantitative estimate of drug-likeness (QED) is 0.722. The lowest BCUT2D eigenvalue weighted by atomic mass is 10.1. The second-order valence-electron chi connectivity index (χ2n) is 6.03. The third kappa shape index (κ3) is 5.36. The lowest BCUT2D eigenvalue weighted by Crippen LogP contribution is -2.61. The van der Waals surface area contributed by atoms with Crippen LogP contribution in [0.3, 0.4) is 0 Å². The van der Waals surface area contributed by atoms with Crippen molar-refractivity contribution in [3.63, 3.8) is 0 Å². The minimum absolute atomic E-state index is 0.0541. The predicted octanol–water partition coefficient (Wildman–Crippen LogP) is 1.64. The van der Waals surface area contributed by atoms with E-state index >= 15 is 0 Å². The Hall–Kier alpha value is -1.51. The first-order chi connectivity index (χ1) is 9.94. The number of methoxy groups -OCH3 is 1. The number of ether oxygens (including phenoxy) is 2. The number of hydrogen-bond donors (Lipinski definition) is 0. The molecule has 1 atom stereocenters. The highest BCUT2D eigenvalue weighted by Crippen LogP contribution is 2.28. The monoisotopic (exact) mass is 326 g/mol. The Morgan fingerprint density at radius 2 is 1.77 bits per heavy atom. The maximum absolute atomic E-state index is 13.1. The summed E-state index contributed by atoms with van der Waals surface area (Å²) in [4.78, 5) is 25.1. The number of amides is 1. The Morgan fingerprint density at radius 3 is 2.23 bits per heavy atom. The Labute approximate surface area is 127 Å². The summed E-state index contributed by atoms with van der Waals surface area (Å²) in [7, 11) is 1.11. The van der Waals surface area contributed by atoms with Crippen molar-refractivity contribution in [3.8, 4) is 0 Å². The molecule has 0 saturated carbocycles. The number of hydrogen-bond acceptors (Lipinski definition) is 5. The van der Waals surface area contributed by atoms with E-state index in [9.17, 15) is 22.8 Å². The molecule has 0 unspecified atom stereocenters. The molecule has 22 heavy (non-hydrogen) atoms. The van der Waals surface area contributed by atoms with Crippen molar-refractivity contribution in [2.75, 3.05) is 33.3 Å². The normalized spacial score (nSPS) is 20.7. The van der Waals surface area contributed by atoms with E-state index in [4.69, 9.17) is 4.74 Å². The molecule has 0 aromatic heterocycles. The first kappa shape index (κ1) is 18.5. The number of piperazine rings is 1. The first-order valence-electron chi connectivity index (χ1n) is 6.79. The number of halogens is 3. The molecular formula is C13H21F3N2O4. The van der Waals surface area contributed by atoms with E-state index in [2.05, 4.69) is 4.74 Å². The molecule has 128 valence electrons. The average molecular weight is 326 g/mol. The van der Waals surface area contributed by atoms with E-state index in [1.54, 1.807) is 20.8 Å². The third-order valence-electron chi connectivity index (χ3n) is 3.08. The fourth-order valence-corrected chi connectivity index (χ4v) is 2.04. The fourth-order valence-electron chi connectivity index (χ4n) is 2.04. The van der Waals surface area contributed by atoms with Gasteiger partial charge in [-0.2, -0.15) is 13.2 Å². The fraction of sp³-hybridized carbons (Fsp3) is 0.846. The Morgan fingerprint density at radius 1 is 1.18 bits per heavy atom. The third-order valence-corrected chi connectivity index (χ3v) is 3.08. The molecule has 1 fully saturated rings. The van der Waals surface area contributed by atoms with Gasteiger partial charge in [-0.3, -0.25) is 9.69 Å². The number of nitrogens with zero attached hydrogens (tertiary/aromatic N) is 2. The smallest absolute Gasteiger partial charge is 0.410 e. The van der Waals surface area contributed by atoms with E-state index in [0.29, 0.717) is 0 Å². The van der Waals surface area contributed by atoms with Gasteiger partial charge in [-0.15, -0.1) is 0 Å². The summed E-state index contributed by atoms with van der Waals surface area (Å²) in [6.45, 7) is 3.84. The zero-order chi connectivity index (χ0) is 17.1. The maximum atomic E-state index is 13.1. The minimum atomic E-state index is -4.56. The summed E-state index contributed by atoms with van der Waals surface area (Å²) in [5, 5.41) is 0. The molecule has 1 amide bonds. The molecule has 9 heteroatoms. The van der Waals surface area contributed by atoms with Gasteiger partial charge in [-0.1, -0.05) is 0 Å². The SMILES string of the molecule is COC(=O)CN1CCN(C(=O)OC(C)(C)C)C[C@@H]1C(F)(F)F. The van der Waals surface area contributed by atoms with Gasteiger partial charge >= 0.3 is 18.2 Å². The molecule has 6 nitrogen and oxygen atoms in total. The van der Waals surface area contributed by atoms with E-state index in [0.717, 1.165) is 16.9 Å². The van der Waals surface area contributed by atoms with Crippen molar-refractivity contribution in [1.82, 2.24) is 9.80 Å². The van der Waals surface area contributed by atoms with E-state index in [1.165, 1.54) is 0 Å². The van der Waals surface area contributed by atoms with Crippen molar-refractivity contribution in [1.29, 1.82) is 0 Å². The molecule has 0 spiro atoms. The van der Waals surface area contributed by atoms with Crippen molar-refractivity contribution >= 4 is 12.1 Å². The van der Waals surface area contributed by atoms with Gasteiger partial charge in [-0.25, -0.2) is 4.79 Å². The van der Waals surface area contributed by atoms with Crippen LogP contribution in [0.1, 0.15) is 20.8 Å². The molecular weight excluding hydrogens is 305 g/mol. The largest absolute Gasteiger partial charge is 0.468 e. The van der Waals surface area contributed by atoms with Gasteiger partial charge in [0.2, 0.25) is 0 Å². The highest BCUT2D eigenvalue weighted by atomic mass is 19.4. The van der Waals surface area contributed by atoms with Crippen LogP contribution in [0.5, 0.6) is 0 Å². The Balaban J connectivity index is 2.80. The summed E-state index contributed by atoms with van der Waals surface area (Å²) >= 11 is 0. The molecule has 0 bridgehead atoms. The second-order valence-corrected chi connectivity index (χ2v) is 6.03. The molecule has 1 aliphatic heterocycles. The Kier molecular flexibility index (Phi) is 5.66. The first-order valence-corrected chi connectivity index (χ1v) is 6.79. The zero-order valence-electron chi connectivity index (χ0n) is 13.1. The topological polar surface area (TPSA) is 59.1 Å². The zero-order valence-corrected chi connectivity index (χ0v) is 13.1. The van der Waals surface area contributed by atoms with E-state index < -0.39 is 43.0 Å². The van der Waals surface area contributed by atoms with E-state index in [-0.39, 0.29) is 13.1 Å². The summed E-state index contributed by atoms with van der Waals surface area (Å²) in [6.07, 6.45) is -5.35. The van der Waals surface area contributed by atoms with Crippen molar-refractivity contribution in [2.24, 2.45) is 0 Å². The number of carbonyl (C=O) groups is 2. The van der Waals surface area contributed by atoms with Gasteiger partial charge in [0.05, 0.1) is 13.7 Å². The standard InChI is InChI=1S/C13H21F3N2O4/c1-12(2,3)22-11(20)18-6-5-17(8-10(19)21-4)9(7-18)13(14,15)16/h9H,5-8H2,1-4H3/t9-/m1/s1. The van der Waals surface area contributed by atoms with Gasteiger partial charge in [0, 0.05) is 19.6 Å². The number of esters is 1. The molecule has 1 aliphatic rings. The molecule has 0 aliphatic carbocycles. The van der Waals surface area contributed by atoms with E-state index in [1.807, 2.05) is 0 Å². The summed E-state index contributed by atoms with van der Waals surface area (Å²) in [5.74, 6) is -0.750. The lowest BCUT2D eigenvalue weighted by molar-refractivity contribution is -0.197. The van der Waals surface area contributed by atoms with Crippen LogP contribution in [-0.2, 0) is 14.3 Å². The summed E-state index contributed by atoms with van der Waals surface area (Å²) in [6, 6.07) is -1.92. The van der Waals surface area contributed by atoms with Crippen LogP contribution in [0.25, 0.3) is 0 Å². The number of alkyl halides is 3. The number of carbonyl (C=O) groups excluding carboxylic acids is 2. The van der Waals surface area contributed by atoms with Crippen LogP contribution in [-0.4, -0.2) is 73.0 Å².